The highest BCUT2D eigenvalue weighted by atomic mass is 35.5. The molecule has 0 aliphatic carbocycles. The molecule has 0 heterocycles. The fourth-order valence-electron chi connectivity index (χ4n) is 1.18. The van der Waals surface area contributed by atoms with Gasteiger partial charge in [0.2, 0.25) is 0 Å². The fraction of sp³-hybridized carbons (Fsp3) is 0.0833. The van der Waals surface area contributed by atoms with Gasteiger partial charge in [-0.05, 0) is 29.8 Å². The smallest absolute Gasteiger partial charge is 0.299 e. The standard InChI is InChI=1S/C12H8ClF3O/c13-10-6-4-9(5-7-10)11(12(14,15)16)3-1-2-8-17/h1-8H. The molecule has 0 aliphatic heterocycles. The number of allylic oxidation sites excluding steroid dienone is 4. The summed E-state index contributed by atoms with van der Waals surface area (Å²) in [6, 6.07) is 5.30. The van der Waals surface area contributed by atoms with Crippen LogP contribution in [0.4, 0.5) is 13.2 Å². The molecule has 0 saturated carbocycles. The van der Waals surface area contributed by atoms with Crippen LogP contribution in [0.1, 0.15) is 5.56 Å². The van der Waals surface area contributed by atoms with Crippen LogP contribution in [-0.4, -0.2) is 12.5 Å². The van der Waals surface area contributed by atoms with Gasteiger partial charge in [0, 0.05) is 5.02 Å². The van der Waals surface area contributed by atoms with Gasteiger partial charge in [-0.15, -0.1) is 0 Å². The summed E-state index contributed by atoms with van der Waals surface area (Å²) in [5, 5.41) is 0.360. The van der Waals surface area contributed by atoms with Crippen LogP contribution in [-0.2, 0) is 4.79 Å². The molecule has 0 aliphatic rings. The third kappa shape index (κ3) is 4.07. The van der Waals surface area contributed by atoms with E-state index in [0.29, 0.717) is 11.3 Å². The Morgan fingerprint density at radius 2 is 1.71 bits per heavy atom. The fourth-order valence-corrected chi connectivity index (χ4v) is 1.31. The zero-order chi connectivity index (χ0) is 12.9. The van der Waals surface area contributed by atoms with Gasteiger partial charge in [0.15, 0.2) is 0 Å². The van der Waals surface area contributed by atoms with Gasteiger partial charge in [0.1, 0.15) is 6.29 Å². The number of aldehydes is 1. The summed E-state index contributed by atoms with van der Waals surface area (Å²) >= 11 is 5.60. The highest BCUT2D eigenvalue weighted by Crippen LogP contribution is 2.34. The molecule has 0 atom stereocenters. The van der Waals surface area contributed by atoms with Crippen molar-refractivity contribution in [2.24, 2.45) is 0 Å². The second kappa shape index (κ2) is 5.68. The van der Waals surface area contributed by atoms with Crippen LogP contribution in [0.5, 0.6) is 0 Å². The topological polar surface area (TPSA) is 17.1 Å². The van der Waals surface area contributed by atoms with E-state index >= 15 is 0 Å². The van der Waals surface area contributed by atoms with Gasteiger partial charge in [-0.1, -0.05) is 29.8 Å². The number of halogens is 4. The van der Waals surface area contributed by atoms with E-state index in [1.165, 1.54) is 24.3 Å². The summed E-state index contributed by atoms with van der Waals surface area (Å²) in [6.07, 6.45) is -1.20. The summed E-state index contributed by atoms with van der Waals surface area (Å²) in [7, 11) is 0. The second-order valence-corrected chi connectivity index (χ2v) is 3.54. The van der Waals surface area contributed by atoms with Crippen LogP contribution in [0, 0.1) is 0 Å². The number of benzene rings is 1. The van der Waals surface area contributed by atoms with Gasteiger partial charge in [0.25, 0.3) is 0 Å². The average molecular weight is 261 g/mol. The summed E-state index contributed by atoms with van der Waals surface area (Å²) in [6.45, 7) is 0. The van der Waals surface area contributed by atoms with Crippen LogP contribution in [0.15, 0.2) is 42.5 Å². The van der Waals surface area contributed by atoms with Crippen molar-refractivity contribution in [1.82, 2.24) is 0 Å². The lowest BCUT2D eigenvalue weighted by molar-refractivity contribution is -0.104. The van der Waals surface area contributed by atoms with Gasteiger partial charge >= 0.3 is 6.18 Å². The first-order valence-corrected chi connectivity index (χ1v) is 4.98. The van der Waals surface area contributed by atoms with Crippen LogP contribution >= 0.6 is 11.6 Å². The first-order valence-electron chi connectivity index (χ1n) is 4.60. The average Bonchev–Trinajstić information content (AvgIpc) is 2.25. The molecule has 1 rings (SSSR count). The van der Waals surface area contributed by atoms with Gasteiger partial charge in [-0.2, -0.15) is 13.2 Å². The van der Waals surface area contributed by atoms with Gasteiger partial charge in [-0.25, -0.2) is 0 Å². The molecule has 5 heteroatoms. The molecule has 0 bridgehead atoms. The minimum Gasteiger partial charge on any atom is -0.299 e. The summed E-state index contributed by atoms with van der Waals surface area (Å²) in [5.74, 6) is 0. The van der Waals surface area contributed by atoms with Crippen molar-refractivity contribution in [2.75, 3.05) is 0 Å². The summed E-state index contributed by atoms with van der Waals surface area (Å²) in [5.41, 5.74) is -0.829. The Labute approximate surface area is 101 Å². The van der Waals surface area contributed by atoms with Gasteiger partial charge in [-0.3, -0.25) is 4.79 Å². The van der Waals surface area contributed by atoms with Crippen molar-refractivity contribution in [3.63, 3.8) is 0 Å². The Morgan fingerprint density at radius 3 is 2.18 bits per heavy atom. The maximum atomic E-state index is 12.7. The lowest BCUT2D eigenvalue weighted by atomic mass is 10.1. The Bertz CT molecular complexity index is 444. The van der Waals surface area contributed by atoms with E-state index in [1.54, 1.807) is 0 Å². The SMILES string of the molecule is O=CC=CC=C(c1ccc(Cl)cc1)C(F)(F)F. The predicted molar refractivity (Wildman–Crippen MR) is 60.7 cm³/mol. The Kier molecular flexibility index (Phi) is 4.52. The lowest BCUT2D eigenvalue weighted by Crippen LogP contribution is -2.10. The summed E-state index contributed by atoms with van der Waals surface area (Å²) < 4.78 is 38.1. The maximum Gasteiger partial charge on any atom is 0.416 e. The molecule has 0 unspecified atom stereocenters. The first-order chi connectivity index (χ1) is 7.95. The van der Waals surface area contributed by atoms with E-state index in [1.807, 2.05) is 0 Å². The summed E-state index contributed by atoms with van der Waals surface area (Å²) in [4.78, 5) is 10.0. The van der Waals surface area contributed by atoms with Crippen molar-refractivity contribution in [1.29, 1.82) is 0 Å². The number of hydrogen-bond donors (Lipinski definition) is 0. The predicted octanol–water partition coefficient (Wildman–Crippen LogP) is 4.04. The molecule has 1 aromatic rings. The zero-order valence-electron chi connectivity index (χ0n) is 8.54. The number of alkyl halides is 3. The Balaban J connectivity index is 3.15. The van der Waals surface area contributed by atoms with Gasteiger partial charge in [0.05, 0.1) is 5.57 Å². The molecule has 90 valence electrons. The normalized spacial score (nSPS) is 13.1. The largest absolute Gasteiger partial charge is 0.416 e. The van der Waals surface area contributed by atoms with Crippen molar-refractivity contribution in [2.45, 2.75) is 6.18 Å². The molecule has 17 heavy (non-hydrogen) atoms. The zero-order valence-corrected chi connectivity index (χ0v) is 9.29. The molecule has 0 spiro atoms. The molecule has 0 saturated heterocycles. The third-order valence-electron chi connectivity index (χ3n) is 1.91. The molecule has 0 aromatic heterocycles. The van der Waals surface area contributed by atoms with Crippen molar-refractivity contribution < 1.29 is 18.0 Å². The van der Waals surface area contributed by atoms with Crippen molar-refractivity contribution >= 4 is 23.5 Å². The minimum atomic E-state index is -4.49. The molecule has 0 N–H and O–H groups in total. The molecule has 0 radical (unpaired) electrons. The second-order valence-electron chi connectivity index (χ2n) is 3.11. The number of rotatable bonds is 3. The van der Waals surface area contributed by atoms with E-state index in [-0.39, 0.29) is 5.56 Å². The van der Waals surface area contributed by atoms with Gasteiger partial charge < -0.3 is 0 Å². The first kappa shape index (κ1) is 13.5. The Hall–Kier alpha value is -1.55. The van der Waals surface area contributed by atoms with E-state index in [2.05, 4.69) is 0 Å². The molecule has 1 nitrogen and oxygen atoms in total. The van der Waals surface area contributed by atoms with E-state index in [9.17, 15) is 18.0 Å². The van der Waals surface area contributed by atoms with Crippen molar-refractivity contribution in [3.05, 3.63) is 53.1 Å². The van der Waals surface area contributed by atoms with Crippen LogP contribution in [0.2, 0.25) is 5.02 Å². The highest BCUT2D eigenvalue weighted by Gasteiger charge is 2.33. The highest BCUT2D eigenvalue weighted by molar-refractivity contribution is 6.30. The van der Waals surface area contributed by atoms with Crippen LogP contribution in [0.25, 0.3) is 5.57 Å². The monoisotopic (exact) mass is 260 g/mol. The third-order valence-corrected chi connectivity index (χ3v) is 2.17. The van der Waals surface area contributed by atoms with Crippen LogP contribution in [0.3, 0.4) is 0 Å². The number of carbonyl (C=O) groups excluding carboxylic acids is 1. The van der Waals surface area contributed by atoms with E-state index < -0.39 is 11.7 Å². The molecule has 0 fully saturated rings. The quantitative estimate of drug-likeness (QED) is 0.455. The Morgan fingerprint density at radius 1 is 1.12 bits per heavy atom. The number of carbonyl (C=O) groups is 1. The maximum absolute atomic E-state index is 12.7. The minimum absolute atomic E-state index is 0.00236. The lowest BCUT2D eigenvalue weighted by Gasteiger charge is -2.11. The van der Waals surface area contributed by atoms with Crippen LogP contribution < -0.4 is 0 Å². The molecular formula is C12H8ClF3O. The molecule has 1 aromatic carbocycles. The number of hydrogen-bond acceptors (Lipinski definition) is 1. The van der Waals surface area contributed by atoms with E-state index in [0.717, 1.165) is 18.2 Å². The molecular weight excluding hydrogens is 253 g/mol. The van der Waals surface area contributed by atoms with Crippen molar-refractivity contribution in [3.8, 4) is 0 Å². The molecule has 0 amide bonds. The van der Waals surface area contributed by atoms with E-state index in [4.69, 9.17) is 11.6 Å².